The molecule has 0 spiro atoms. The first-order chi connectivity index (χ1) is 9.29. The molecule has 2 rings (SSSR count). The van der Waals surface area contributed by atoms with E-state index in [-0.39, 0.29) is 0 Å². The Morgan fingerprint density at radius 3 is 2.47 bits per heavy atom. The third-order valence-electron chi connectivity index (χ3n) is 4.16. The molecule has 1 N–H and O–H groups in total. The van der Waals surface area contributed by atoms with Crippen LogP contribution in [0.25, 0.3) is 0 Å². The summed E-state index contributed by atoms with van der Waals surface area (Å²) in [6.45, 7) is 2.28. The van der Waals surface area contributed by atoms with Crippen molar-refractivity contribution in [1.29, 1.82) is 0 Å². The minimum absolute atomic E-state index is 0.538. The quantitative estimate of drug-likeness (QED) is 0.718. The van der Waals surface area contributed by atoms with Crippen molar-refractivity contribution in [2.75, 3.05) is 0 Å². The Kier molecular flexibility index (Phi) is 6.39. The summed E-state index contributed by atoms with van der Waals surface area (Å²) in [7, 11) is 0. The molecule has 0 aromatic heterocycles. The maximum absolute atomic E-state index is 3.91. The van der Waals surface area contributed by atoms with Gasteiger partial charge in [0.05, 0.1) is 0 Å². The van der Waals surface area contributed by atoms with E-state index in [1.165, 1.54) is 61.4 Å². The molecule has 1 nitrogen and oxygen atoms in total. The smallest absolute Gasteiger partial charge is 0.0322 e. The molecule has 1 fully saturated rings. The summed E-state index contributed by atoms with van der Waals surface area (Å²) in [5, 5.41) is 3.91. The minimum Gasteiger partial charge on any atom is -0.307 e. The molecule has 0 saturated heterocycles. The van der Waals surface area contributed by atoms with Gasteiger partial charge in [-0.05, 0) is 37.0 Å². The second kappa shape index (κ2) is 8.06. The van der Waals surface area contributed by atoms with Gasteiger partial charge < -0.3 is 5.32 Å². The Morgan fingerprint density at radius 1 is 1.16 bits per heavy atom. The molecule has 0 heterocycles. The van der Waals surface area contributed by atoms with Crippen LogP contribution in [0.3, 0.4) is 0 Å². The normalized spacial score (nSPS) is 18.4. The zero-order valence-electron chi connectivity index (χ0n) is 12.0. The van der Waals surface area contributed by atoms with Gasteiger partial charge in [0.2, 0.25) is 0 Å². The highest BCUT2D eigenvalue weighted by Crippen LogP contribution is 2.25. The van der Waals surface area contributed by atoms with E-state index in [4.69, 9.17) is 0 Å². The number of rotatable bonds is 6. The Labute approximate surface area is 126 Å². The van der Waals surface area contributed by atoms with Crippen molar-refractivity contribution in [1.82, 2.24) is 5.32 Å². The van der Waals surface area contributed by atoms with Gasteiger partial charge in [-0.2, -0.15) is 0 Å². The van der Waals surface area contributed by atoms with Gasteiger partial charge in [0, 0.05) is 16.6 Å². The highest BCUT2D eigenvalue weighted by molar-refractivity contribution is 9.10. The molecule has 1 atom stereocenters. The predicted molar refractivity (Wildman–Crippen MR) is 86.4 cm³/mol. The van der Waals surface area contributed by atoms with Gasteiger partial charge in [-0.25, -0.2) is 0 Å². The first kappa shape index (κ1) is 15.1. The van der Waals surface area contributed by atoms with Crippen molar-refractivity contribution in [2.45, 2.75) is 70.4 Å². The van der Waals surface area contributed by atoms with Crippen LogP contribution in [0.5, 0.6) is 0 Å². The largest absolute Gasteiger partial charge is 0.307 e. The van der Waals surface area contributed by atoms with E-state index >= 15 is 0 Å². The molecule has 0 amide bonds. The highest BCUT2D eigenvalue weighted by Gasteiger charge is 2.18. The van der Waals surface area contributed by atoms with Gasteiger partial charge in [0.15, 0.2) is 0 Å². The number of unbranched alkanes of at least 4 members (excludes halogenated alkanes) is 1. The average molecular weight is 324 g/mol. The maximum atomic E-state index is 3.91. The van der Waals surface area contributed by atoms with E-state index in [0.29, 0.717) is 6.04 Å². The Bertz CT molecular complexity index is 354. The summed E-state index contributed by atoms with van der Waals surface area (Å²) in [6.07, 6.45) is 10.8. The Hall–Kier alpha value is -0.340. The van der Waals surface area contributed by atoms with Crippen molar-refractivity contribution in [3.63, 3.8) is 0 Å². The van der Waals surface area contributed by atoms with Crippen molar-refractivity contribution < 1.29 is 0 Å². The lowest BCUT2D eigenvalue weighted by Gasteiger charge is -2.29. The molecule has 0 bridgehead atoms. The molecule has 1 aromatic rings. The molecule has 1 saturated carbocycles. The van der Waals surface area contributed by atoms with Crippen LogP contribution in [0, 0.1) is 0 Å². The lowest BCUT2D eigenvalue weighted by Crippen LogP contribution is -2.34. The summed E-state index contributed by atoms with van der Waals surface area (Å²) in [5.41, 5.74) is 1.45. The summed E-state index contributed by atoms with van der Waals surface area (Å²) in [4.78, 5) is 0. The second-order valence-corrected chi connectivity index (χ2v) is 6.66. The van der Waals surface area contributed by atoms with E-state index in [1.54, 1.807) is 0 Å². The van der Waals surface area contributed by atoms with Crippen LogP contribution in [0.4, 0.5) is 0 Å². The van der Waals surface area contributed by atoms with Gasteiger partial charge in [-0.15, -0.1) is 0 Å². The van der Waals surface area contributed by atoms with Crippen LogP contribution in [0.1, 0.15) is 69.9 Å². The molecule has 106 valence electrons. The van der Waals surface area contributed by atoms with Crippen LogP contribution < -0.4 is 5.32 Å². The molecular weight excluding hydrogens is 298 g/mol. The fourth-order valence-electron chi connectivity index (χ4n) is 3.00. The molecule has 2 heteroatoms. The standard InChI is InChI=1S/C17H26BrN/c1-2-3-9-17(14-10-12-15(18)13-11-14)19-16-7-5-4-6-8-16/h10-13,16-17,19H,2-9H2,1H3. The van der Waals surface area contributed by atoms with E-state index in [9.17, 15) is 0 Å². The van der Waals surface area contributed by atoms with Crippen LogP contribution in [0.2, 0.25) is 0 Å². The topological polar surface area (TPSA) is 12.0 Å². The van der Waals surface area contributed by atoms with E-state index in [2.05, 4.69) is 52.4 Å². The molecule has 19 heavy (non-hydrogen) atoms. The van der Waals surface area contributed by atoms with Gasteiger partial charge >= 0.3 is 0 Å². The van der Waals surface area contributed by atoms with E-state index < -0.39 is 0 Å². The zero-order valence-corrected chi connectivity index (χ0v) is 13.6. The van der Waals surface area contributed by atoms with E-state index in [1.807, 2.05) is 0 Å². The number of halogens is 1. The molecule has 0 aliphatic heterocycles. The SMILES string of the molecule is CCCCC(NC1CCCCC1)c1ccc(Br)cc1. The van der Waals surface area contributed by atoms with Crippen LogP contribution >= 0.6 is 15.9 Å². The van der Waals surface area contributed by atoms with Crippen LogP contribution in [-0.4, -0.2) is 6.04 Å². The van der Waals surface area contributed by atoms with Gasteiger partial charge in [0.1, 0.15) is 0 Å². The van der Waals surface area contributed by atoms with Crippen molar-refractivity contribution >= 4 is 15.9 Å². The average Bonchev–Trinajstić information content (AvgIpc) is 2.45. The summed E-state index contributed by atoms with van der Waals surface area (Å²) in [5.74, 6) is 0. The molecular formula is C17H26BrN. The number of hydrogen-bond acceptors (Lipinski definition) is 1. The summed E-state index contributed by atoms with van der Waals surface area (Å²) >= 11 is 3.53. The predicted octanol–water partition coefficient (Wildman–Crippen LogP) is 5.60. The van der Waals surface area contributed by atoms with Gasteiger partial charge in [0.25, 0.3) is 0 Å². The fourth-order valence-corrected chi connectivity index (χ4v) is 3.27. The monoisotopic (exact) mass is 323 g/mol. The van der Waals surface area contributed by atoms with Gasteiger partial charge in [-0.1, -0.05) is 67.1 Å². The molecule has 0 radical (unpaired) electrons. The summed E-state index contributed by atoms with van der Waals surface area (Å²) < 4.78 is 1.17. The lowest BCUT2D eigenvalue weighted by atomic mass is 9.93. The lowest BCUT2D eigenvalue weighted by molar-refractivity contribution is 0.327. The first-order valence-electron chi connectivity index (χ1n) is 7.81. The molecule has 1 aliphatic carbocycles. The molecule has 1 aromatic carbocycles. The third-order valence-corrected chi connectivity index (χ3v) is 4.69. The Balaban J connectivity index is 1.99. The number of hydrogen-bond donors (Lipinski definition) is 1. The molecule has 1 aliphatic rings. The highest BCUT2D eigenvalue weighted by atomic mass is 79.9. The fraction of sp³-hybridized carbons (Fsp3) is 0.647. The van der Waals surface area contributed by atoms with Gasteiger partial charge in [-0.3, -0.25) is 0 Å². The maximum Gasteiger partial charge on any atom is 0.0322 e. The van der Waals surface area contributed by atoms with Crippen molar-refractivity contribution in [2.24, 2.45) is 0 Å². The zero-order chi connectivity index (χ0) is 13.5. The number of nitrogens with one attached hydrogen (secondary N) is 1. The van der Waals surface area contributed by atoms with Crippen molar-refractivity contribution in [3.8, 4) is 0 Å². The minimum atomic E-state index is 0.538. The first-order valence-corrected chi connectivity index (χ1v) is 8.60. The van der Waals surface area contributed by atoms with Crippen LogP contribution in [0.15, 0.2) is 28.7 Å². The van der Waals surface area contributed by atoms with Crippen molar-refractivity contribution in [3.05, 3.63) is 34.3 Å². The number of benzene rings is 1. The Morgan fingerprint density at radius 2 is 1.84 bits per heavy atom. The van der Waals surface area contributed by atoms with E-state index in [0.717, 1.165) is 6.04 Å². The van der Waals surface area contributed by atoms with Crippen LogP contribution in [-0.2, 0) is 0 Å². The second-order valence-electron chi connectivity index (χ2n) is 5.75. The third kappa shape index (κ3) is 4.92. The molecule has 1 unspecified atom stereocenters. The summed E-state index contributed by atoms with van der Waals surface area (Å²) in [6, 6.07) is 10.1.